The summed E-state index contributed by atoms with van der Waals surface area (Å²) in [6.45, 7) is 4.48. The minimum Gasteiger partial charge on any atom is -0.332 e. The van der Waals surface area contributed by atoms with Crippen molar-refractivity contribution >= 4 is 33.8 Å². The molecule has 0 unspecified atom stereocenters. The van der Waals surface area contributed by atoms with Gasteiger partial charge in [0.15, 0.2) is 5.13 Å². The van der Waals surface area contributed by atoms with Gasteiger partial charge < -0.3 is 5.32 Å². The second-order valence-electron chi connectivity index (χ2n) is 5.96. The lowest BCUT2D eigenvalue weighted by Crippen LogP contribution is -1.93. The van der Waals surface area contributed by atoms with Crippen LogP contribution in [-0.4, -0.2) is 4.98 Å². The minimum atomic E-state index is 0.676. The molecule has 4 heteroatoms. The van der Waals surface area contributed by atoms with E-state index in [9.17, 15) is 0 Å². The molecule has 0 radical (unpaired) electrons. The number of nitrogens with zero attached hydrogens (tertiary/aromatic N) is 1. The first-order valence-electron chi connectivity index (χ1n) is 7.67. The fourth-order valence-corrected chi connectivity index (χ4v) is 3.27. The predicted molar refractivity (Wildman–Crippen MR) is 101 cm³/mol. The number of benzene rings is 2. The molecule has 0 spiro atoms. The minimum absolute atomic E-state index is 0.676. The third kappa shape index (κ3) is 4.34. The lowest BCUT2D eigenvalue weighted by atomic mass is 10.0. The number of halogens is 1. The summed E-state index contributed by atoms with van der Waals surface area (Å²) in [7, 11) is 0. The molecule has 1 heterocycles. The van der Waals surface area contributed by atoms with Crippen LogP contribution in [0.15, 0.2) is 53.9 Å². The van der Waals surface area contributed by atoms with Crippen LogP contribution in [-0.2, 0) is 6.42 Å². The lowest BCUT2D eigenvalue weighted by molar-refractivity contribution is 0.647. The molecule has 0 aliphatic rings. The van der Waals surface area contributed by atoms with E-state index in [1.165, 1.54) is 5.56 Å². The Kier molecular flexibility index (Phi) is 4.99. The monoisotopic (exact) mass is 342 g/mol. The highest BCUT2D eigenvalue weighted by Gasteiger charge is 2.06. The van der Waals surface area contributed by atoms with Crippen molar-refractivity contribution in [2.24, 2.45) is 5.92 Å². The SMILES string of the molecule is CC(C)Cc1ccc(-c2csc(Nc3ccc(Cl)cc3)n2)cc1. The Bertz CT molecular complexity index is 761. The maximum atomic E-state index is 5.90. The van der Waals surface area contributed by atoms with Crippen molar-refractivity contribution in [3.63, 3.8) is 0 Å². The molecular weight excluding hydrogens is 324 g/mol. The van der Waals surface area contributed by atoms with Crippen molar-refractivity contribution in [3.05, 3.63) is 64.5 Å². The van der Waals surface area contributed by atoms with E-state index >= 15 is 0 Å². The molecule has 0 aliphatic carbocycles. The van der Waals surface area contributed by atoms with E-state index in [1.807, 2.05) is 24.3 Å². The molecule has 1 aromatic heterocycles. The van der Waals surface area contributed by atoms with Gasteiger partial charge in [-0.2, -0.15) is 0 Å². The standard InChI is InChI=1S/C19H19ClN2S/c1-13(2)11-14-3-5-15(6-4-14)18-12-23-19(22-18)21-17-9-7-16(20)8-10-17/h3-10,12-13H,11H2,1-2H3,(H,21,22). The Morgan fingerprint density at radius 1 is 1.04 bits per heavy atom. The van der Waals surface area contributed by atoms with Crippen LogP contribution >= 0.6 is 22.9 Å². The molecule has 0 bridgehead atoms. The first kappa shape index (κ1) is 16.0. The van der Waals surface area contributed by atoms with Gasteiger partial charge in [-0.05, 0) is 42.2 Å². The summed E-state index contributed by atoms with van der Waals surface area (Å²) < 4.78 is 0. The number of rotatable bonds is 5. The summed E-state index contributed by atoms with van der Waals surface area (Å²) in [5, 5.41) is 7.00. The second kappa shape index (κ2) is 7.16. The van der Waals surface area contributed by atoms with Gasteiger partial charge in [-0.1, -0.05) is 49.7 Å². The molecule has 3 rings (SSSR count). The van der Waals surface area contributed by atoms with Crippen molar-refractivity contribution in [2.45, 2.75) is 20.3 Å². The van der Waals surface area contributed by atoms with Crippen LogP contribution in [0.4, 0.5) is 10.8 Å². The molecular formula is C19H19ClN2S. The topological polar surface area (TPSA) is 24.9 Å². The molecule has 3 aromatic rings. The molecule has 23 heavy (non-hydrogen) atoms. The highest BCUT2D eigenvalue weighted by Crippen LogP contribution is 2.28. The van der Waals surface area contributed by atoms with Crippen LogP contribution in [0.5, 0.6) is 0 Å². The van der Waals surface area contributed by atoms with E-state index in [1.54, 1.807) is 11.3 Å². The number of nitrogens with one attached hydrogen (secondary N) is 1. The molecule has 0 saturated carbocycles. The van der Waals surface area contributed by atoms with Crippen LogP contribution in [0.25, 0.3) is 11.3 Å². The molecule has 118 valence electrons. The zero-order valence-corrected chi connectivity index (χ0v) is 14.8. The van der Waals surface area contributed by atoms with Crippen molar-refractivity contribution in [3.8, 4) is 11.3 Å². The Hall–Kier alpha value is -1.84. The molecule has 0 fully saturated rings. The maximum Gasteiger partial charge on any atom is 0.187 e. The van der Waals surface area contributed by atoms with Gasteiger partial charge in [0.2, 0.25) is 0 Å². The summed E-state index contributed by atoms with van der Waals surface area (Å²) in [4.78, 5) is 4.66. The fourth-order valence-electron chi connectivity index (χ4n) is 2.40. The van der Waals surface area contributed by atoms with Crippen molar-refractivity contribution < 1.29 is 0 Å². The van der Waals surface area contributed by atoms with Crippen molar-refractivity contribution in [1.29, 1.82) is 0 Å². The third-order valence-corrected chi connectivity index (χ3v) is 4.50. The van der Waals surface area contributed by atoms with Gasteiger partial charge in [0.05, 0.1) is 5.69 Å². The lowest BCUT2D eigenvalue weighted by Gasteiger charge is -2.05. The first-order chi connectivity index (χ1) is 11.1. The number of anilines is 2. The van der Waals surface area contributed by atoms with E-state index < -0.39 is 0 Å². The molecule has 2 nitrogen and oxygen atoms in total. The number of hydrogen-bond donors (Lipinski definition) is 1. The summed E-state index contributed by atoms with van der Waals surface area (Å²) in [5.41, 5.74) is 4.52. The largest absolute Gasteiger partial charge is 0.332 e. The van der Waals surface area contributed by atoms with Gasteiger partial charge in [-0.25, -0.2) is 4.98 Å². The Morgan fingerprint density at radius 2 is 1.74 bits per heavy atom. The van der Waals surface area contributed by atoms with Crippen LogP contribution in [0.1, 0.15) is 19.4 Å². The molecule has 0 aliphatic heterocycles. The van der Waals surface area contributed by atoms with E-state index in [4.69, 9.17) is 11.6 Å². The highest BCUT2D eigenvalue weighted by atomic mass is 35.5. The van der Waals surface area contributed by atoms with Gasteiger partial charge in [0, 0.05) is 21.7 Å². The highest BCUT2D eigenvalue weighted by molar-refractivity contribution is 7.14. The van der Waals surface area contributed by atoms with Gasteiger partial charge in [-0.15, -0.1) is 11.3 Å². The zero-order chi connectivity index (χ0) is 16.2. The average molecular weight is 343 g/mol. The van der Waals surface area contributed by atoms with E-state index in [0.717, 1.165) is 33.5 Å². The average Bonchev–Trinajstić information content (AvgIpc) is 2.98. The summed E-state index contributed by atoms with van der Waals surface area (Å²) >= 11 is 7.51. The van der Waals surface area contributed by atoms with E-state index in [-0.39, 0.29) is 0 Å². The van der Waals surface area contributed by atoms with Gasteiger partial charge in [-0.3, -0.25) is 0 Å². The number of hydrogen-bond acceptors (Lipinski definition) is 3. The fraction of sp³-hybridized carbons (Fsp3) is 0.211. The van der Waals surface area contributed by atoms with Gasteiger partial charge >= 0.3 is 0 Å². The second-order valence-corrected chi connectivity index (χ2v) is 7.26. The Balaban J connectivity index is 1.72. The zero-order valence-electron chi connectivity index (χ0n) is 13.2. The normalized spacial score (nSPS) is 11.0. The molecule has 2 aromatic carbocycles. The number of aromatic nitrogens is 1. The quantitative estimate of drug-likeness (QED) is 0.579. The predicted octanol–water partition coefficient (Wildman–Crippen LogP) is 6.41. The third-order valence-electron chi connectivity index (χ3n) is 3.49. The summed E-state index contributed by atoms with van der Waals surface area (Å²) in [6, 6.07) is 16.3. The van der Waals surface area contributed by atoms with Crippen molar-refractivity contribution in [2.75, 3.05) is 5.32 Å². The van der Waals surface area contributed by atoms with Crippen LogP contribution < -0.4 is 5.32 Å². The van der Waals surface area contributed by atoms with Crippen LogP contribution in [0, 0.1) is 5.92 Å². The van der Waals surface area contributed by atoms with Crippen molar-refractivity contribution in [1.82, 2.24) is 4.98 Å². The summed E-state index contributed by atoms with van der Waals surface area (Å²) in [5.74, 6) is 0.676. The maximum absolute atomic E-state index is 5.90. The Labute approximate surface area is 146 Å². The molecule has 0 amide bonds. The smallest absolute Gasteiger partial charge is 0.187 e. The van der Waals surface area contributed by atoms with Gasteiger partial charge in [0.1, 0.15) is 0 Å². The van der Waals surface area contributed by atoms with Crippen LogP contribution in [0.2, 0.25) is 5.02 Å². The van der Waals surface area contributed by atoms with Crippen LogP contribution in [0.3, 0.4) is 0 Å². The van der Waals surface area contributed by atoms with E-state index in [0.29, 0.717) is 5.92 Å². The molecule has 0 saturated heterocycles. The Morgan fingerprint density at radius 3 is 2.39 bits per heavy atom. The van der Waals surface area contributed by atoms with E-state index in [2.05, 4.69) is 53.8 Å². The first-order valence-corrected chi connectivity index (χ1v) is 8.93. The molecule has 0 atom stereocenters. The number of thiazole rings is 1. The molecule has 1 N–H and O–H groups in total. The van der Waals surface area contributed by atoms with Gasteiger partial charge in [0.25, 0.3) is 0 Å². The summed E-state index contributed by atoms with van der Waals surface area (Å²) in [6.07, 6.45) is 1.11.